The van der Waals surface area contributed by atoms with Crippen molar-refractivity contribution in [2.75, 3.05) is 19.8 Å². The zero-order valence-electron chi connectivity index (χ0n) is 14.0. The molecule has 1 aliphatic rings. The number of esters is 1. The molecule has 0 unspecified atom stereocenters. The molecular weight excluding hydrogens is 328 g/mol. The van der Waals surface area contributed by atoms with Gasteiger partial charge in [-0.05, 0) is 37.6 Å². The summed E-state index contributed by atoms with van der Waals surface area (Å²) in [5.74, 6) is -0.145. The van der Waals surface area contributed by atoms with Crippen molar-refractivity contribution in [1.82, 2.24) is 10.6 Å². The minimum atomic E-state index is -0.709. The molecule has 0 bridgehead atoms. The Morgan fingerprint density at radius 1 is 1.20 bits per heavy atom. The van der Waals surface area contributed by atoms with E-state index < -0.39 is 24.5 Å². The predicted octanol–water partition coefficient (Wildman–Crippen LogP) is 1.25. The first-order valence-corrected chi connectivity index (χ1v) is 7.79. The van der Waals surface area contributed by atoms with Crippen LogP contribution in [-0.4, -0.2) is 43.8 Å². The number of amides is 3. The molecule has 1 aromatic carbocycles. The largest absolute Gasteiger partial charge is 0.486 e. The molecular formula is C17H20N2O6. The van der Waals surface area contributed by atoms with E-state index in [1.807, 2.05) is 0 Å². The number of urea groups is 1. The molecule has 0 atom stereocenters. The summed E-state index contributed by atoms with van der Waals surface area (Å²) in [7, 11) is 0. The Balaban J connectivity index is 1.79. The van der Waals surface area contributed by atoms with E-state index in [1.54, 1.807) is 32.0 Å². The highest BCUT2D eigenvalue weighted by atomic mass is 16.6. The molecule has 25 heavy (non-hydrogen) atoms. The fraction of sp³-hybridized carbons (Fsp3) is 0.353. The highest BCUT2D eigenvalue weighted by molar-refractivity contribution is 5.96. The molecule has 0 radical (unpaired) electrons. The Hall–Kier alpha value is -3.03. The molecule has 0 aliphatic carbocycles. The van der Waals surface area contributed by atoms with Gasteiger partial charge in [-0.3, -0.25) is 10.1 Å². The van der Waals surface area contributed by atoms with E-state index in [9.17, 15) is 14.4 Å². The number of fused-ring (bicyclic) bond motifs is 1. The van der Waals surface area contributed by atoms with Gasteiger partial charge in [-0.1, -0.05) is 6.07 Å². The molecule has 1 aliphatic heterocycles. The molecule has 0 spiro atoms. The van der Waals surface area contributed by atoms with E-state index in [0.717, 1.165) is 5.56 Å². The Morgan fingerprint density at radius 2 is 1.92 bits per heavy atom. The topological polar surface area (TPSA) is 103 Å². The highest BCUT2D eigenvalue weighted by Gasteiger charge is 2.12. The van der Waals surface area contributed by atoms with Crippen LogP contribution in [0.25, 0.3) is 6.08 Å². The number of rotatable bonds is 5. The van der Waals surface area contributed by atoms with Gasteiger partial charge >= 0.3 is 12.0 Å². The third-order valence-electron chi connectivity index (χ3n) is 3.00. The minimum Gasteiger partial charge on any atom is -0.486 e. The normalized spacial score (nSPS) is 12.8. The Bertz CT molecular complexity index is 684. The highest BCUT2D eigenvalue weighted by Crippen LogP contribution is 2.31. The van der Waals surface area contributed by atoms with E-state index in [2.05, 4.69) is 10.6 Å². The van der Waals surface area contributed by atoms with Gasteiger partial charge in [0.05, 0.1) is 0 Å². The SMILES string of the molecule is CC(C)NC(=O)NC(=O)COC(=O)C=Cc1ccc2c(c1)OCCO2. The smallest absolute Gasteiger partial charge is 0.331 e. The van der Waals surface area contributed by atoms with E-state index in [4.69, 9.17) is 14.2 Å². The summed E-state index contributed by atoms with van der Waals surface area (Å²) in [6, 6.07) is 4.51. The minimum absolute atomic E-state index is 0.107. The van der Waals surface area contributed by atoms with Crippen LogP contribution in [0.15, 0.2) is 24.3 Å². The van der Waals surface area contributed by atoms with E-state index in [0.29, 0.717) is 24.7 Å². The summed E-state index contributed by atoms with van der Waals surface area (Å²) < 4.78 is 15.6. The molecule has 8 heteroatoms. The molecule has 134 valence electrons. The number of ether oxygens (including phenoxy) is 3. The number of hydrogen-bond donors (Lipinski definition) is 2. The first-order valence-electron chi connectivity index (χ1n) is 7.79. The lowest BCUT2D eigenvalue weighted by molar-refractivity contribution is -0.143. The van der Waals surface area contributed by atoms with Crippen LogP contribution in [0.5, 0.6) is 11.5 Å². The lowest BCUT2D eigenvalue weighted by Gasteiger charge is -2.18. The lowest BCUT2D eigenvalue weighted by atomic mass is 10.2. The second kappa shape index (κ2) is 8.72. The first kappa shape index (κ1) is 18.3. The summed E-state index contributed by atoms with van der Waals surface area (Å²) in [6.45, 7) is 3.95. The summed E-state index contributed by atoms with van der Waals surface area (Å²) in [4.78, 5) is 34.4. The van der Waals surface area contributed by atoms with Gasteiger partial charge in [-0.25, -0.2) is 9.59 Å². The Morgan fingerprint density at radius 3 is 2.64 bits per heavy atom. The van der Waals surface area contributed by atoms with Crippen molar-refractivity contribution in [3.8, 4) is 11.5 Å². The van der Waals surface area contributed by atoms with Crippen molar-refractivity contribution in [3.63, 3.8) is 0 Å². The van der Waals surface area contributed by atoms with Crippen LogP contribution < -0.4 is 20.1 Å². The van der Waals surface area contributed by atoms with Crippen LogP contribution in [0, 0.1) is 0 Å². The number of benzene rings is 1. The lowest BCUT2D eigenvalue weighted by Crippen LogP contribution is -2.43. The van der Waals surface area contributed by atoms with Gasteiger partial charge in [0.15, 0.2) is 18.1 Å². The molecule has 1 aromatic rings. The average molecular weight is 348 g/mol. The van der Waals surface area contributed by atoms with E-state index in [1.165, 1.54) is 12.2 Å². The van der Waals surface area contributed by atoms with Crippen molar-refractivity contribution < 1.29 is 28.6 Å². The van der Waals surface area contributed by atoms with Gasteiger partial charge in [-0.2, -0.15) is 0 Å². The zero-order chi connectivity index (χ0) is 18.2. The van der Waals surface area contributed by atoms with Gasteiger partial charge < -0.3 is 19.5 Å². The quantitative estimate of drug-likeness (QED) is 0.613. The number of carbonyl (C=O) groups is 3. The second-order valence-electron chi connectivity index (χ2n) is 5.52. The number of carbonyl (C=O) groups excluding carboxylic acids is 3. The van der Waals surface area contributed by atoms with Crippen LogP contribution in [0.4, 0.5) is 4.79 Å². The summed E-state index contributed by atoms with van der Waals surface area (Å²) in [5, 5.41) is 4.54. The fourth-order valence-corrected chi connectivity index (χ4v) is 1.97. The predicted molar refractivity (Wildman–Crippen MR) is 89.2 cm³/mol. The molecule has 8 nitrogen and oxygen atoms in total. The van der Waals surface area contributed by atoms with Crippen molar-refractivity contribution >= 4 is 24.0 Å². The van der Waals surface area contributed by atoms with Crippen molar-refractivity contribution in [1.29, 1.82) is 0 Å². The summed E-state index contributed by atoms with van der Waals surface area (Å²) in [6.07, 6.45) is 2.72. The standard InChI is InChI=1S/C17H20N2O6/c1-11(2)18-17(22)19-15(20)10-25-16(21)6-4-12-3-5-13-14(9-12)24-8-7-23-13/h3-6,9,11H,7-8,10H2,1-2H3,(H2,18,19,20,22). The van der Waals surface area contributed by atoms with E-state index in [-0.39, 0.29) is 6.04 Å². The summed E-state index contributed by atoms with van der Waals surface area (Å²) >= 11 is 0. The van der Waals surface area contributed by atoms with Crippen molar-refractivity contribution in [2.45, 2.75) is 19.9 Å². The van der Waals surface area contributed by atoms with Gasteiger partial charge in [0.1, 0.15) is 13.2 Å². The monoisotopic (exact) mass is 348 g/mol. The van der Waals surface area contributed by atoms with Gasteiger partial charge in [0.2, 0.25) is 0 Å². The maximum Gasteiger partial charge on any atom is 0.331 e. The number of hydrogen-bond acceptors (Lipinski definition) is 6. The molecule has 2 rings (SSSR count). The average Bonchev–Trinajstić information content (AvgIpc) is 2.57. The van der Waals surface area contributed by atoms with Gasteiger partial charge in [0, 0.05) is 12.1 Å². The molecule has 0 aromatic heterocycles. The van der Waals surface area contributed by atoms with Crippen LogP contribution in [0.2, 0.25) is 0 Å². The molecule has 0 saturated carbocycles. The van der Waals surface area contributed by atoms with Crippen LogP contribution in [0.1, 0.15) is 19.4 Å². The Labute approximate surface area is 145 Å². The number of nitrogens with one attached hydrogen (secondary N) is 2. The number of imide groups is 1. The second-order valence-corrected chi connectivity index (χ2v) is 5.52. The molecule has 0 saturated heterocycles. The van der Waals surface area contributed by atoms with Crippen LogP contribution >= 0.6 is 0 Å². The third-order valence-corrected chi connectivity index (χ3v) is 3.00. The summed E-state index contributed by atoms with van der Waals surface area (Å²) in [5.41, 5.74) is 0.724. The first-order chi connectivity index (χ1) is 11.9. The molecule has 1 heterocycles. The Kier molecular flexibility index (Phi) is 6.39. The van der Waals surface area contributed by atoms with Crippen molar-refractivity contribution in [3.05, 3.63) is 29.8 Å². The zero-order valence-corrected chi connectivity index (χ0v) is 14.0. The van der Waals surface area contributed by atoms with Crippen molar-refractivity contribution in [2.24, 2.45) is 0 Å². The maximum atomic E-state index is 11.6. The van der Waals surface area contributed by atoms with Gasteiger partial charge in [0.25, 0.3) is 5.91 Å². The van der Waals surface area contributed by atoms with Gasteiger partial charge in [-0.15, -0.1) is 0 Å². The molecule has 2 N–H and O–H groups in total. The molecule has 0 fully saturated rings. The van der Waals surface area contributed by atoms with E-state index >= 15 is 0 Å². The molecule has 3 amide bonds. The third kappa shape index (κ3) is 6.17. The van der Waals surface area contributed by atoms with Crippen LogP contribution in [0.3, 0.4) is 0 Å². The van der Waals surface area contributed by atoms with Crippen LogP contribution in [-0.2, 0) is 14.3 Å². The maximum absolute atomic E-state index is 11.6. The fourth-order valence-electron chi connectivity index (χ4n) is 1.97.